The first-order valence-corrected chi connectivity index (χ1v) is 12.2. The van der Waals surface area contributed by atoms with Crippen LogP contribution < -0.4 is 9.47 Å². The molecule has 0 unspecified atom stereocenters. The maximum Gasteiger partial charge on any atom is 0.259 e. The van der Waals surface area contributed by atoms with Gasteiger partial charge in [0.05, 0.1) is 19.8 Å². The monoisotopic (exact) mass is 490 g/mol. The Morgan fingerprint density at radius 3 is 2.78 bits per heavy atom. The molecule has 1 amide bonds. The SMILES string of the molecule is COc1cccc(-c2cnc3c(c2)C(=O)N([C@H](C)CO)C[C@H](C)[C@@H](CN(C)Cc2cccnc2)O3)c1. The van der Waals surface area contributed by atoms with Crippen molar-refractivity contribution in [3.63, 3.8) is 0 Å². The van der Waals surface area contributed by atoms with Crippen LogP contribution in [0.1, 0.15) is 29.8 Å². The van der Waals surface area contributed by atoms with E-state index in [9.17, 15) is 9.90 Å². The Balaban J connectivity index is 1.66. The van der Waals surface area contributed by atoms with Crippen LogP contribution in [0.25, 0.3) is 11.1 Å². The van der Waals surface area contributed by atoms with Crippen LogP contribution in [-0.4, -0.2) is 76.8 Å². The summed E-state index contributed by atoms with van der Waals surface area (Å²) in [6.07, 6.45) is 5.14. The van der Waals surface area contributed by atoms with Gasteiger partial charge in [-0.25, -0.2) is 4.98 Å². The van der Waals surface area contributed by atoms with Crippen molar-refractivity contribution in [3.8, 4) is 22.8 Å². The van der Waals surface area contributed by atoms with E-state index in [0.29, 0.717) is 24.5 Å². The summed E-state index contributed by atoms with van der Waals surface area (Å²) in [5.41, 5.74) is 3.19. The van der Waals surface area contributed by atoms with Gasteiger partial charge in [0.1, 0.15) is 17.4 Å². The van der Waals surface area contributed by atoms with Gasteiger partial charge < -0.3 is 19.5 Å². The van der Waals surface area contributed by atoms with E-state index in [-0.39, 0.29) is 30.6 Å². The molecule has 3 heterocycles. The average molecular weight is 491 g/mol. The van der Waals surface area contributed by atoms with Gasteiger partial charge >= 0.3 is 0 Å². The number of aliphatic hydroxyl groups is 1. The van der Waals surface area contributed by atoms with Gasteiger partial charge in [-0.2, -0.15) is 0 Å². The van der Waals surface area contributed by atoms with Gasteiger partial charge in [0, 0.05) is 49.7 Å². The molecule has 190 valence electrons. The molecule has 36 heavy (non-hydrogen) atoms. The molecule has 1 aromatic carbocycles. The largest absolute Gasteiger partial charge is 0.497 e. The third kappa shape index (κ3) is 5.83. The van der Waals surface area contributed by atoms with E-state index >= 15 is 0 Å². The van der Waals surface area contributed by atoms with E-state index < -0.39 is 0 Å². The van der Waals surface area contributed by atoms with Gasteiger partial charge in [-0.05, 0) is 49.4 Å². The average Bonchev–Trinajstić information content (AvgIpc) is 2.90. The highest BCUT2D eigenvalue weighted by Gasteiger charge is 2.34. The standard InChI is InChI=1S/C28H34N4O4/c1-19-15-32(20(2)18-33)28(34)25-12-23(22-8-5-9-24(11-22)35-4)14-30-27(25)36-26(19)17-31(3)16-21-7-6-10-29-13-21/h5-14,19-20,26,33H,15-18H2,1-4H3/t19-,20+,26+/m0/s1. The van der Waals surface area contributed by atoms with E-state index in [2.05, 4.69) is 21.8 Å². The summed E-state index contributed by atoms with van der Waals surface area (Å²) in [5.74, 6) is 0.862. The number of hydrogen-bond acceptors (Lipinski definition) is 7. The van der Waals surface area contributed by atoms with E-state index in [1.807, 2.05) is 62.6 Å². The molecule has 8 heteroatoms. The number of aliphatic hydroxyl groups excluding tert-OH is 1. The van der Waals surface area contributed by atoms with Crippen molar-refractivity contribution in [3.05, 3.63) is 72.2 Å². The van der Waals surface area contributed by atoms with E-state index in [0.717, 1.165) is 29.0 Å². The van der Waals surface area contributed by atoms with Crippen LogP contribution in [0.4, 0.5) is 0 Å². The van der Waals surface area contributed by atoms with Gasteiger partial charge in [0.25, 0.3) is 5.91 Å². The molecule has 0 saturated carbocycles. The number of aromatic nitrogens is 2. The quantitative estimate of drug-likeness (QED) is 0.517. The summed E-state index contributed by atoms with van der Waals surface area (Å²) in [6, 6.07) is 13.1. The number of fused-ring (bicyclic) bond motifs is 1. The molecule has 2 aromatic heterocycles. The molecule has 0 radical (unpaired) electrons. The number of ether oxygens (including phenoxy) is 2. The summed E-state index contributed by atoms with van der Waals surface area (Å²) in [7, 11) is 3.66. The summed E-state index contributed by atoms with van der Waals surface area (Å²) < 4.78 is 11.8. The van der Waals surface area contributed by atoms with Crippen molar-refractivity contribution >= 4 is 5.91 Å². The van der Waals surface area contributed by atoms with Crippen LogP contribution in [0.15, 0.2) is 61.1 Å². The maximum atomic E-state index is 13.7. The first-order valence-electron chi connectivity index (χ1n) is 12.2. The van der Waals surface area contributed by atoms with E-state index in [4.69, 9.17) is 9.47 Å². The number of pyridine rings is 2. The molecule has 1 aliphatic heterocycles. The van der Waals surface area contributed by atoms with Crippen LogP contribution in [-0.2, 0) is 6.54 Å². The fourth-order valence-electron chi connectivity index (χ4n) is 4.46. The van der Waals surface area contributed by atoms with Gasteiger partial charge in [0.2, 0.25) is 5.88 Å². The van der Waals surface area contributed by atoms with Crippen LogP contribution in [0, 0.1) is 5.92 Å². The van der Waals surface area contributed by atoms with Crippen molar-refractivity contribution in [2.24, 2.45) is 5.92 Å². The van der Waals surface area contributed by atoms with Crippen molar-refractivity contribution in [2.45, 2.75) is 32.5 Å². The van der Waals surface area contributed by atoms with E-state index in [1.54, 1.807) is 24.4 Å². The van der Waals surface area contributed by atoms with Gasteiger partial charge in [0.15, 0.2) is 0 Å². The highest BCUT2D eigenvalue weighted by molar-refractivity contribution is 5.98. The van der Waals surface area contributed by atoms with Crippen molar-refractivity contribution in [1.29, 1.82) is 0 Å². The summed E-state index contributed by atoms with van der Waals surface area (Å²) in [5, 5.41) is 9.90. The van der Waals surface area contributed by atoms with Gasteiger partial charge in [-0.15, -0.1) is 0 Å². The van der Waals surface area contributed by atoms with Gasteiger partial charge in [-0.1, -0.05) is 25.1 Å². The van der Waals surface area contributed by atoms with Crippen molar-refractivity contribution in [1.82, 2.24) is 19.8 Å². The highest BCUT2D eigenvalue weighted by Crippen LogP contribution is 2.31. The topological polar surface area (TPSA) is 88.0 Å². The molecule has 1 N–H and O–H groups in total. The number of likely N-dealkylation sites (N-methyl/N-ethyl adjacent to an activating group) is 1. The zero-order valence-electron chi connectivity index (χ0n) is 21.3. The summed E-state index contributed by atoms with van der Waals surface area (Å²) in [4.78, 5) is 26.4. The molecule has 0 saturated heterocycles. The minimum atomic E-state index is -0.333. The third-order valence-electron chi connectivity index (χ3n) is 6.59. The second-order valence-electron chi connectivity index (χ2n) is 9.49. The van der Waals surface area contributed by atoms with Crippen LogP contribution >= 0.6 is 0 Å². The van der Waals surface area contributed by atoms with Crippen LogP contribution in [0.3, 0.4) is 0 Å². The molecular formula is C28H34N4O4. The smallest absolute Gasteiger partial charge is 0.259 e. The summed E-state index contributed by atoms with van der Waals surface area (Å²) in [6.45, 7) is 5.64. The zero-order valence-corrected chi connectivity index (χ0v) is 21.3. The third-order valence-corrected chi connectivity index (χ3v) is 6.59. The fraction of sp³-hybridized carbons (Fsp3) is 0.393. The van der Waals surface area contributed by atoms with Crippen LogP contribution in [0.5, 0.6) is 11.6 Å². The Morgan fingerprint density at radius 1 is 1.22 bits per heavy atom. The number of rotatable bonds is 8. The molecule has 3 aromatic rings. The lowest BCUT2D eigenvalue weighted by molar-refractivity contribution is 0.0325. The molecule has 1 aliphatic rings. The van der Waals surface area contributed by atoms with Crippen molar-refractivity contribution < 1.29 is 19.4 Å². The Morgan fingerprint density at radius 2 is 2.06 bits per heavy atom. The number of hydrogen-bond donors (Lipinski definition) is 1. The Bertz CT molecular complexity index is 1170. The minimum Gasteiger partial charge on any atom is -0.497 e. The van der Waals surface area contributed by atoms with Gasteiger partial charge in [-0.3, -0.25) is 14.7 Å². The second-order valence-corrected chi connectivity index (χ2v) is 9.49. The Hall–Kier alpha value is -3.49. The molecule has 3 atom stereocenters. The second kappa shape index (κ2) is 11.5. The van der Waals surface area contributed by atoms with E-state index in [1.165, 1.54) is 0 Å². The number of methoxy groups -OCH3 is 1. The van der Waals surface area contributed by atoms with Crippen LogP contribution in [0.2, 0.25) is 0 Å². The summed E-state index contributed by atoms with van der Waals surface area (Å²) >= 11 is 0. The fourth-order valence-corrected chi connectivity index (χ4v) is 4.46. The number of carbonyl (C=O) groups excluding carboxylic acids is 1. The first kappa shape index (κ1) is 25.6. The predicted molar refractivity (Wildman–Crippen MR) is 138 cm³/mol. The molecule has 0 spiro atoms. The normalized spacial score (nSPS) is 18.7. The molecular weight excluding hydrogens is 456 g/mol. The minimum absolute atomic E-state index is 0.0207. The number of nitrogens with zero attached hydrogens (tertiary/aromatic N) is 4. The highest BCUT2D eigenvalue weighted by atomic mass is 16.5. The Kier molecular flexibility index (Phi) is 8.18. The molecule has 8 nitrogen and oxygen atoms in total. The molecule has 0 aliphatic carbocycles. The predicted octanol–water partition coefficient (Wildman–Crippen LogP) is 3.50. The van der Waals surface area contributed by atoms with Crippen molar-refractivity contribution in [2.75, 3.05) is 33.9 Å². The lowest BCUT2D eigenvalue weighted by Gasteiger charge is -2.37. The molecule has 0 bridgehead atoms. The Labute approximate surface area is 212 Å². The lowest BCUT2D eigenvalue weighted by atomic mass is 9.99. The first-order chi connectivity index (χ1) is 17.4. The number of carbonyl (C=O) groups is 1. The molecule has 4 rings (SSSR count). The maximum absolute atomic E-state index is 13.7. The molecule has 0 fully saturated rings. The lowest BCUT2D eigenvalue weighted by Crippen LogP contribution is -2.49. The number of amides is 1. The number of benzene rings is 1. The zero-order chi connectivity index (χ0) is 25.7.